The molecule has 21 heavy (non-hydrogen) atoms. The van der Waals surface area contributed by atoms with E-state index in [1.54, 1.807) is 12.1 Å². The van der Waals surface area contributed by atoms with E-state index in [9.17, 15) is 14.4 Å². The first kappa shape index (κ1) is 15.0. The number of likely N-dealkylation sites (N-methyl/N-ethyl adjacent to an activating group) is 1. The summed E-state index contributed by atoms with van der Waals surface area (Å²) in [4.78, 5) is 39.5. The van der Waals surface area contributed by atoms with E-state index in [0.29, 0.717) is 18.8 Å². The van der Waals surface area contributed by atoms with Crippen LogP contribution in [0.2, 0.25) is 0 Å². The summed E-state index contributed by atoms with van der Waals surface area (Å²) in [6.45, 7) is 0.843. The van der Waals surface area contributed by atoms with Crippen LogP contribution in [-0.2, 0) is 4.79 Å². The number of urea groups is 1. The number of rotatable bonds is 5. The van der Waals surface area contributed by atoms with Crippen molar-refractivity contribution >= 4 is 23.6 Å². The third kappa shape index (κ3) is 3.19. The van der Waals surface area contributed by atoms with Gasteiger partial charge in [-0.1, -0.05) is 6.07 Å². The lowest BCUT2D eigenvalue weighted by Crippen LogP contribution is -2.37. The molecule has 0 radical (unpaired) electrons. The normalized spacial score (nSPS) is 15.2. The Balaban J connectivity index is 2.18. The highest BCUT2D eigenvalue weighted by Gasteiger charge is 2.36. The second-order valence-corrected chi connectivity index (χ2v) is 5.07. The molecule has 2 rings (SSSR count). The van der Waals surface area contributed by atoms with Crippen LogP contribution in [0, 0.1) is 0 Å². The Morgan fingerprint density at radius 3 is 2.67 bits per heavy atom. The summed E-state index contributed by atoms with van der Waals surface area (Å²) >= 11 is 0. The topological polar surface area (TPSA) is 81.2 Å². The SMILES string of the molecule is CN(C)CCN1C(=O)CN(c2cccc(C(=O)O)c2)C1=O. The van der Waals surface area contributed by atoms with Gasteiger partial charge in [0.25, 0.3) is 5.91 Å². The van der Waals surface area contributed by atoms with Gasteiger partial charge in [0.2, 0.25) is 0 Å². The zero-order valence-corrected chi connectivity index (χ0v) is 11.9. The Morgan fingerprint density at radius 2 is 2.05 bits per heavy atom. The molecule has 1 heterocycles. The number of carboxylic acid groups (broad SMARTS) is 1. The highest BCUT2D eigenvalue weighted by molar-refractivity contribution is 6.12. The van der Waals surface area contributed by atoms with Crippen molar-refractivity contribution in [2.45, 2.75) is 0 Å². The standard InChI is InChI=1S/C14H17N3O4/c1-15(2)6-7-16-12(18)9-17(14(16)21)11-5-3-4-10(8-11)13(19)20/h3-5,8H,6-7,9H2,1-2H3,(H,19,20). The molecule has 0 spiro atoms. The van der Waals surface area contributed by atoms with E-state index in [1.165, 1.54) is 21.9 Å². The molecule has 0 unspecified atom stereocenters. The molecule has 1 saturated heterocycles. The van der Waals surface area contributed by atoms with Crippen LogP contribution in [0.25, 0.3) is 0 Å². The van der Waals surface area contributed by atoms with Crippen molar-refractivity contribution in [3.63, 3.8) is 0 Å². The van der Waals surface area contributed by atoms with Crippen LogP contribution < -0.4 is 4.90 Å². The number of hydrogen-bond acceptors (Lipinski definition) is 4. The van der Waals surface area contributed by atoms with Crippen molar-refractivity contribution in [3.05, 3.63) is 29.8 Å². The van der Waals surface area contributed by atoms with Gasteiger partial charge in [0.1, 0.15) is 6.54 Å². The molecular formula is C14H17N3O4. The molecule has 1 aliphatic rings. The van der Waals surface area contributed by atoms with Gasteiger partial charge in [0, 0.05) is 18.8 Å². The lowest BCUT2D eigenvalue weighted by Gasteiger charge is -2.19. The van der Waals surface area contributed by atoms with Gasteiger partial charge >= 0.3 is 12.0 Å². The Bertz CT molecular complexity index is 585. The Kier molecular flexibility index (Phi) is 4.23. The van der Waals surface area contributed by atoms with Crippen LogP contribution in [-0.4, -0.2) is 66.5 Å². The maximum Gasteiger partial charge on any atom is 0.335 e. The molecule has 0 saturated carbocycles. The number of carbonyl (C=O) groups excluding carboxylic acids is 2. The van der Waals surface area contributed by atoms with Gasteiger partial charge in [-0.05, 0) is 32.3 Å². The van der Waals surface area contributed by atoms with Gasteiger partial charge in [0.05, 0.1) is 5.56 Å². The molecule has 1 aromatic carbocycles. The van der Waals surface area contributed by atoms with Crippen LogP contribution in [0.5, 0.6) is 0 Å². The summed E-state index contributed by atoms with van der Waals surface area (Å²) < 4.78 is 0. The summed E-state index contributed by atoms with van der Waals surface area (Å²) in [5, 5.41) is 8.98. The molecule has 0 aliphatic carbocycles. The quantitative estimate of drug-likeness (QED) is 0.808. The second-order valence-electron chi connectivity index (χ2n) is 5.07. The molecule has 112 valence electrons. The monoisotopic (exact) mass is 291 g/mol. The minimum absolute atomic E-state index is 0.0602. The predicted molar refractivity (Wildman–Crippen MR) is 76.4 cm³/mol. The van der Waals surface area contributed by atoms with Crippen LogP contribution in [0.1, 0.15) is 10.4 Å². The lowest BCUT2D eigenvalue weighted by atomic mass is 10.2. The molecule has 0 aromatic heterocycles. The van der Waals surface area contributed by atoms with Gasteiger partial charge in [0.15, 0.2) is 0 Å². The number of hydrogen-bond donors (Lipinski definition) is 1. The average molecular weight is 291 g/mol. The summed E-state index contributed by atoms with van der Waals surface area (Å²) in [5.41, 5.74) is 0.500. The van der Waals surface area contributed by atoms with Crippen LogP contribution in [0.3, 0.4) is 0 Å². The molecule has 1 aromatic rings. The molecular weight excluding hydrogens is 274 g/mol. The number of carboxylic acids is 1. The first-order valence-corrected chi connectivity index (χ1v) is 6.50. The third-order valence-corrected chi connectivity index (χ3v) is 3.23. The number of anilines is 1. The molecule has 3 amide bonds. The molecule has 1 N–H and O–H groups in total. The zero-order valence-electron chi connectivity index (χ0n) is 11.9. The first-order chi connectivity index (χ1) is 9.90. The highest BCUT2D eigenvalue weighted by Crippen LogP contribution is 2.22. The van der Waals surface area contributed by atoms with E-state index in [2.05, 4.69) is 0 Å². The zero-order chi connectivity index (χ0) is 15.6. The van der Waals surface area contributed by atoms with E-state index in [-0.39, 0.29) is 18.0 Å². The van der Waals surface area contributed by atoms with Gasteiger partial charge in [-0.2, -0.15) is 0 Å². The second kappa shape index (κ2) is 5.92. The van der Waals surface area contributed by atoms with Crippen molar-refractivity contribution in [2.24, 2.45) is 0 Å². The Morgan fingerprint density at radius 1 is 1.33 bits per heavy atom. The van der Waals surface area contributed by atoms with E-state index < -0.39 is 12.0 Å². The summed E-state index contributed by atoms with van der Waals surface area (Å²) in [7, 11) is 3.72. The third-order valence-electron chi connectivity index (χ3n) is 3.23. The van der Waals surface area contributed by atoms with Gasteiger partial charge in [-0.3, -0.25) is 14.6 Å². The first-order valence-electron chi connectivity index (χ1n) is 6.50. The number of aromatic carboxylic acids is 1. The number of amides is 3. The van der Waals surface area contributed by atoms with Crippen LogP contribution >= 0.6 is 0 Å². The van der Waals surface area contributed by atoms with E-state index in [0.717, 1.165) is 0 Å². The van der Waals surface area contributed by atoms with E-state index >= 15 is 0 Å². The van der Waals surface area contributed by atoms with Crippen molar-refractivity contribution < 1.29 is 19.5 Å². The number of carbonyl (C=O) groups is 3. The van der Waals surface area contributed by atoms with Gasteiger partial charge in [-0.25, -0.2) is 9.59 Å². The summed E-state index contributed by atoms with van der Waals surface area (Å²) in [6.07, 6.45) is 0. The van der Waals surface area contributed by atoms with Crippen LogP contribution in [0.4, 0.5) is 10.5 Å². The number of benzene rings is 1. The lowest BCUT2D eigenvalue weighted by molar-refractivity contribution is -0.124. The fourth-order valence-electron chi connectivity index (χ4n) is 2.07. The van der Waals surface area contributed by atoms with Gasteiger partial charge < -0.3 is 10.0 Å². The summed E-state index contributed by atoms with van der Waals surface area (Å²) in [5.74, 6) is -1.35. The predicted octanol–water partition coefficient (Wildman–Crippen LogP) is 0.715. The van der Waals surface area contributed by atoms with Crippen molar-refractivity contribution in [3.8, 4) is 0 Å². The molecule has 1 aliphatic heterocycles. The van der Waals surface area contributed by atoms with Crippen molar-refractivity contribution in [2.75, 3.05) is 38.6 Å². The maximum atomic E-state index is 12.3. The average Bonchev–Trinajstić information content (AvgIpc) is 2.72. The molecule has 1 fully saturated rings. The van der Waals surface area contributed by atoms with Gasteiger partial charge in [-0.15, -0.1) is 0 Å². The van der Waals surface area contributed by atoms with Crippen LogP contribution in [0.15, 0.2) is 24.3 Å². The Labute approximate surface area is 122 Å². The van der Waals surface area contributed by atoms with Crippen molar-refractivity contribution in [1.29, 1.82) is 0 Å². The highest BCUT2D eigenvalue weighted by atomic mass is 16.4. The smallest absolute Gasteiger partial charge is 0.335 e. The molecule has 7 nitrogen and oxygen atoms in total. The number of imide groups is 1. The number of nitrogens with zero attached hydrogens (tertiary/aromatic N) is 3. The maximum absolute atomic E-state index is 12.3. The minimum atomic E-state index is -1.07. The summed E-state index contributed by atoms with van der Waals surface area (Å²) in [6, 6.07) is 5.59. The Hall–Kier alpha value is -2.41. The molecule has 7 heteroatoms. The van der Waals surface area contributed by atoms with E-state index in [1.807, 2.05) is 19.0 Å². The van der Waals surface area contributed by atoms with E-state index in [4.69, 9.17) is 5.11 Å². The molecule has 0 bridgehead atoms. The fourth-order valence-corrected chi connectivity index (χ4v) is 2.07. The molecule has 0 atom stereocenters. The fraction of sp³-hybridized carbons (Fsp3) is 0.357. The minimum Gasteiger partial charge on any atom is -0.478 e. The largest absolute Gasteiger partial charge is 0.478 e. The van der Waals surface area contributed by atoms with Crippen molar-refractivity contribution in [1.82, 2.24) is 9.80 Å².